The summed E-state index contributed by atoms with van der Waals surface area (Å²) in [5.41, 5.74) is 0. The second kappa shape index (κ2) is 5.88. The molecule has 0 aliphatic rings. The van der Waals surface area contributed by atoms with Crippen LogP contribution in [-0.2, 0) is 4.57 Å². The maximum absolute atomic E-state index is 10.9. The largest absolute Gasteiger partial charge is 0.488 e. The molecule has 0 aromatic carbocycles. The first-order valence-electron chi connectivity index (χ1n) is 4.15. The molecule has 1 aromatic heterocycles. The summed E-state index contributed by atoms with van der Waals surface area (Å²) in [5.74, 6) is 0.625. The molecular weight excluding hydrogens is 334 g/mol. The van der Waals surface area contributed by atoms with Crippen molar-refractivity contribution < 1.29 is 14.0 Å². The van der Waals surface area contributed by atoms with Crippen molar-refractivity contribution in [2.45, 2.75) is 13.8 Å². The van der Waals surface area contributed by atoms with E-state index in [0.717, 1.165) is 7.95 Å². The minimum Gasteiger partial charge on any atom is -0.488 e. The van der Waals surface area contributed by atoms with Crippen LogP contribution < -0.4 is 14.8 Å². The van der Waals surface area contributed by atoms with Crippen LogP contribution in [-0.4, -0.2) is 13.2 Å². The number of ether oxygens (including phenoxy) is 2. The van der Waals surface area contributed by atoms with Gasteiger partial charge in [0.1, 0.15) is 5.30 Å². The lowest BCUT2D eigenvalue weighted by Crippen LogP contribution is -2.02. The third-order valence-electron chi connectivity index (χ3n) is 1.42. The highest BCUT2D eigenvalue weighted by atomic mass is 127. The van der Waals surface area contributed by atoms with E-state index in [1.165, 1.54) is 11.3 Å². The Morgan fingerprint density at radius 1 is 1.36 bits per heavy atom. The number of hydrogen-bond donors (Lipinski definition) is 0. The predicted octanol–water partition coefficient (Wildman–Crippen LogP) is 3.07. The molecular formula is C8H10IO3PS. The minimum absolute atomic E-state index is 0.0163. The van der Waals surface area contributed by atoms with Crippen molar-refractivity contribution in [3.05, 3.63) is 2.88 Å². The van der Waals surface area contributed by atoms with Crippen LogP contribution in [0.3, 0.4) is 0 Å². The van der Waals surface area contributed by atoms with Crippen molar-refractivity contribution in [1.29, 1.82) is 0 Å². The monoisotopic (exact) mass is 344 g/mol. The van der Waals surface area contributed by atoms with Gasteiger partial charge in [-0.3, -0.25) is 4.57 Å². The summed E-state index contributed by atoms with van der Waals surface area (Å²) >= 11 is 3.60. The van der Waals surface area contributed by atoms with Gasteiger partial charge in [-0.2, -0.15) is 0 Å². The predicted molar refractivity (Wildman–Crippen MR) is 66.6 cm³/mol. The van der Waals surface area contributed by atoms with E-state index in [-0.39, 0.29) is 8.46 Å². The van der Waals surface area contributed by atoms with Gasteiger partial charge in [-0.25, -0.2) is 0 Å². The van der Waals surface area contributed by atoms with Crippen molar-refractivity contribution in [2.24, 2.45) is 0 Å². The van der Waals surface area contributed by atoms with E-state index in [1.807, 2.05) is 13.8 Å². The first-order valence-corrected chi connectivity index (χ1v) is 6.86. The fraction of sp³-hybridized carbons (Fsp3) is 0.500. The molecule has 0 bridgehead atoms. The fourth-order valence-electron chi connectivity index (χ4n) is 0.937. The normalized spacial score (nSPS) is 10.5. The second-order valence-corrected chi connectivity index (χ2v) is 5.72. The Balaban J connectivity index is 3.08. The summed E-state index contributed by atoms with van der Waals surface area (Å²) in [5, 5.41) is 1.41. The van der Waals surface area contributed by atoms with E-state index in [0.29, 0.717) is 24.3 Å². The number of thiophene rings is 1. The fourth-order valence-corrected chi connectivity index (χ4v) is 3.51. The average Bonchev–Trinajstić information content (AvgIpc) is 2.44. The zero-order valence-corrected chi connectivity index (χ0v) is 11.7. The van der Waals surface area contributed by atoms with Gasteiger partial charge in [0.2, 0.25) is 5.06 Å². The Bertz CT molecular complexity index is 327. The number of hydrogen-bond acceptors (Lipinski definition) is 4. The van der Waals surface area contributed by atoms with E-state index >= 15 is 0 Å². The summed E-state index contributed by atoms with van der Waals surface area (Å²) in [4.78, 5) is 0. The van der Waals surface area contributed by atoms with Gasteiger partial charge in [-0.1, -0.05) is 11.3 Å². The quantitative estimate of drug-likeness (QED) is 0.608. The molecule has 78 valence electrons. The zero-order valence-electron chi connectivity index (χ0n) is 7.87. The standard InChI is InChI=1S/C8H10IO3PS/c1-3-11-5-6(13-10)7(9)14-8(5)12-4-2/h3-4H2,1-2H3. The van der Waals surface area contributed by atoms with Crippen LogP contribution in [0.15, 0.2) is 0 Å². The lowest BCUT2D eigenvalue weighted by Gasteiger charge is -2.04. The van der Waals surface area contributed by atoms with E-state index < -0.39 is 0 Å². The molecule has 1 rings (SSSR count). The topological polar surface area (TPSA) is 35.5 Å². The van der Waals surface area contributed by atoms with Gasteiger partial charge >= 0.3 is 0 Å². The van der Waals surface area contributed by atoms with Gasteiger partial charge < -0.3 is 9.47 Å². The highest BCUT2D eigenvalue weighted by Gasteiger charge is 2.19. The second-order valence-electron chi connectivity index (χ2n) is 2.30. The Morgan fingerprint density at radius 3 is 2.50 bits per heavy atom. The van der Waals surface area contributed by atoms with Crippen LogP contribution in [0.4, 0.5) is 0 Å². The molecule has 0 saturated heterocycles. The Hall–Kier alpha value is 0.130. The van der Waals surface area contributed by atoms with E-state index in [2.05, 4.69) is 22.6 Å². The van der Waals surface area contributed by atoms with Gasteiger partial charge in [0, 0.05) is 0 Å². The molecule has 0 saturated carbocycles. The van der Waals surface area contributed by atoms with Crippen molar-refractivity contribution in [3.63, 3.8) is 0 Å². The Morgan fingerprint density at radius 2 is 2.00 bits per heavy atom. The zero-order chi connectivity index (χ0) is 10.6. The molecule has 3 nitrogen and oxygen atoms in total. The van der Waals surface area contributed by atoms with Crippen LogP contribution in [0.25, 0.3) is 0 Å². The van der Waals surface area contributed by atoms with E-state index in [4.69, 9.17) is 9.47 Å². The van der Waals surface area contributed by atoms with Crippen LogP contribution in [0, 0.1) is 2.88 Å². The molecule has 6 heteroatoms. The molecule has 0 N–H and O–H groups in total. The summed E-state index contributed by atoms with van der Waals surface area (Å²) in [7, 11) is -0.0163. The van der Waals surface area contributed by atoms with Gasteiger partial charge in [-0.15, -0.1) is 0 Å². The Labute approximate surface area is 102 Å². The van der Waals surface area contributed by atoms with Crippen LogP contribution >= 0.6 is 42.4 Å². The van der Waals surface area contributed by atoms with Crippen molar-refractivity contribution in [1.82, 2.24) is 0 Å². The molecule has 0 fully saturated rings. The molecule has 0 spiro atoms. The maximum Gasteiger partial charge on any atom is 0.219 e. The molecule has 0 aliphatic carbocycles. The van der Waals surface area contributed by atoms with Crippen LogP contribution in [0.2, 0.25) is 0 Å². The van der Waals surface area contributed by atoms with Gasteiger partial charge in [0.15, 0.2) is 14.2 Å². The average molecular weight is 344 g/mol. The third-order valence-corrected chi connectivity index (χ3v) is 4.68. The molecule has 0 unspecified atom stereocenters. The highest BCUT2D eigenvalue weighted by molar-refractivity contribution is 14.1. The van der Waals surface area contributed by atoms with E-state index in [9.17, 15) is 4.57 Å². The summed E-state index contributed by atoms with van der Waals surface area (Å²) in [6.45, 7) is 4.95. The van der Waals surface area contributed by atoms with Gasteiger partial charge in [0.25, 0.3) is 0 Å². The number of rotatable bonds is 5. The van der Waals surface area contributed by atoms with Crippen molar-refractivity contribution in [3.8, 4) is 10.8 Å². The molecule has 0 aliphatic heterocycles. The van der Waals surface area contributed by atoms with E-state index in [1.54, 1.807) is 0 Å². The molecule has 14 heavy (non-hydrogen) atoms. The molecule has 1 aromatic rings. The molecule has 0 radical (unpaired) electrons. The van der Waals surface area contributed by atoms with Crippen molar-refractivity contribution in [2.75, 3.05) is 13.2 Å². The summed E-state index contributed by atoms with van der Waals surface area (Å²) < 4.78 is 22.7. The highest BCUT2D eigenvalue weighted by Crippen LogP contribution is 2.38. The lowest BCUT2D eigenvalue weighted by atomic mass is 10.5. The summed E-state index contributed by atoms with van der Waals surface area (Å²) in [6, 6.07) is 0. The smallest absolute Gasteiger partial charge is 0.219 e. The first kappa shape index (κ1) is 12.2. The molecule has 1 heterocycles. The third kappa shape index (κ3) is 2.58. The number of halogens is 1. The first-order chi connectivity index (χ1) is 6.74. The molecule has 0 amide bonds. The SMILES string of the molecule is CCOc1sc(I)c(P=O)c1OCC. The summed E-state index contributed by atoms with van der Waals surface area (Å²) in [6.07, 6.45) is 0. The Kier molecular flexibility index (Phi) is 5.12. The van der Waals surface area contributed by atoms with Gasteiger partial charge in [0.05, 0.1) is 16.1 Å². The van der Waals surface area contributed by atoms with Crippen LogP contribution in [0.1, 0.15) is 13.8 Å². The molecule has 0 atom stereocenters. The lowest BCUT2D eigenvalue weighted by molar-refractivity contribution is 0.297. The minimum atomic E-state index is -0.0163. The van der Waals surface area contributed by atoms with Crippen LogP contribution in [0.5, 0.6) is 10.8 Å². The van der Waals surface area contributed by atoms with Crippen molar-refractivity contribution >= 4 is 47.7 Å². The van der Waals surface area contributed by atoms with Gasteiger partial charge in [-0.05, 0) is 36.4 Å². The maximum atomic E-state index is 10.9.